The van der Waals surface area contributed by atoms with Crippen molar-refractivity contribution in [3.8, 4) is 0 Å². The first kappa shape index (κ1) is 16.1. The maximum absolute atomic E-state index is 6.00. The third kappa shape index (κ3) is 3.77. The van der Waals surface area contributed by atoms with E-state index in [0.717, 1.165) is 46.0 Å². The van der Waals surface area contributed by atoms with Gasteiger partial charge in [0.25, 0.3) is 0 Å². The molecule has 0 aliphatic carbocycles. The summed E-state index contributed by atoms with van der Waals surface area (Å²) in [6.07, 6.45) is 3.98. The van der Waals surface area contributed by atoms with Gasteiger partial charge in [0.1, 0.15) is 5.01 Å². The van der Waals surface area contributed by atoms with E-state index < -0.39 is 0 Å². The summed E-state index contributed by atoms with van der Waals surface area (Å²) in [7, 11) is 0. The number of fused-ring (bicyclic) bond motifs is 1. The highest BCUT2D eigenvalue weighted by atomic mass is 35.5. The lowest BCUT2D eigenvalue weighted by molar-refractivity contribution is 0.286. The molecule has 2 heterocycles. The zero-order valence-electron chi connectivity index (χ0n) is 13.1. The number of aromatic nitrogens is 4. The fraction of sp³-hybridized carbons (Fsp3) is 0.312. The number of rotatable bonds is 6. The second kappa shape index (κ2) is 7.21. The fourth-order valence-electron chi connectivity index (χ4n) is 2.26. The van der Waals surface area contributed by atoms with Gasteiger partial charge < -0.3 is 0 Å². The van der Waals surface area contributed by atoms with E-state index in [9.17, 15) is 0 Å². The van der Waals surface area contributed by atoms with Crippen molar-refractivity contribution in [1.29, 1.82) is 0 Å². The van der Waals surface area contributed by atoms with Crippen LogP contribution in [0.5, 0.6) is 0 Å². The maximum atomic E-state index is 6.00. The summed E-state index contributed by atoms with van der Waals surface area (Å²) in [6.45, 7) is 7.01. The quantitative estimate of drug-likeness (QED) is 0.679. The summed E-state index contributed by atoms with van der Waals surface area (Å²) >= 11 is 7.52. The number of hydrogen-bond donors (Lipinski definition) is 0. The summed E-state index contributed by atoms with van der Waals surface area (Å²) in [5.41, 5.74) is 1.05. The molecule has 1 aromatic carbocycles. The van der Waals surface area contributed by atoms with Gasteiger partial charge in [-0.05, 0) is 36.9 Å². The Morgan fingerprint density at radius 3 is 2.78 bits per heavy atom. The molecule has 0 saturated heterocycles. The van der Waals surface area contributed by atoms with Crippen LogP contribution in [-0.2, 0) is 6.54 Å². The second-order valence-corrected chi connectivity index (χ2v) is 6.52. The second-order valence-electron chi connectivity index (χ2n) is 5.10. The average molecular weight is 348 g/mol. The predicted molar refractivity (Wildman–Crippen MR) is 95.7 cm³/mol. The highest BCUT2D eigenvalue weighted by Crippen LogP contribution is 2.18. The Morgan fingerprint density at radius 2 is 2.04 bits per heavy atom. The zero-order valence-corrected chi connectivity index (χ0v) is 14.7. The third-order valence-corrected chi connectivity index (χ3v) is 4.70. The van der Waals surface area contributed by atoms with Gasteiger partial charge in [0, 0.05) is 5.02 Å². The molecule has 0 unspecified atom stereocenters. The van der Waals surface area contributed by atoms with E-state index in [0.29, 0.717) is 0 Å². The molecule has 120 valence electrons. The van der Waals surface area contributed by atoms with E-state index in [1.165, 1.54) is 11.3 Å². The first-order valence-electron chi connectivity index (χ1n) is 7.56. The van der Waals surface area contributed by atoms with E-state index >= 15 is 0 Å². The lowest BCUT2D eigenvalue weighted by atomic mass is 10.2. The maximum Gasteiger partial charge on any atom is 0.235 e. The molecule has 0 saturated carbocycles. The molecule has 2 aromatic heterocycles. The van der Waals surface area contributed by atoms with Gasteiger partial charge in [-0.1, -0.05) is 55.0 Å². The van der Waals surface area contributed by atoms with E-state index in [1.807, 2.05) is 40.9 Å². The van der Waals surface area contributed by atoms with E-state index in [4.69, 9.17) is 11.6 Å². The molecular weight excluding hydrogens is 330 g/mol. The van der Waals surface area contributed by atoms with Crippen molar-refractivity contribution in [3.63, 3.8) is 0 Å². The Labute approximate surface area is 144 Å². The van der Waals surface area contributed by atoms with Gasteiger partial charge in [-0.25, -0.2) is 0 Å². The molecule has 5 nitrogen and oxygen atoms in total. The summed E-state index contributed by atoms with van der Waals surface area (Å²) < 4.78 is 1.83. The van der Waals surface area contributed by atoms with Crippen molar-refractivity contribution in [1.82, 2.24) is 24.7 Å². The molecule has 0 N–H and O–H groups in total. The Balaban J connectivity index is 1.82. The first-order valence-corrected chi connectivity index (χ1v) is 8.76. The topological polar surface area (TPSA) is 46.3 Å². The van der Waals surface area contributed by atoms with Crippen LogP contribution in [0, 0.1) is 0 Å². The molecule has 7 heteroatoms. The third-order valence-electron chi connectivity index (χ3n) is 3.60. The number of nitrogens with zero attached hydrogens (tertiary/aromatic N) is 5. The SMILES string of the molecule is CCN(CC)Cc1nnc2sc(C=Cc3cccc(Cl)c3)nn12. The van der Waals surface area contributed by atoms with Crippen molar-refractivity contribution in [2.24, 2.45) is 0 Å². The molecule has 0 amide bonds. The molecule has 3 aromatic rings. The Bertz CT molecular complexity index is 819. The fourth-order valence-corrected chi connectivity index (χ4v) is 3.22. The average Bonchev–Trinajstić information content (AvgIpc) is 3.11. The molecule has 0 fully saturated rings. The summed E-state index contributed by atoms with van der Waals surface area (Å²) in [6, 6.07) is 7.73. The molecule has 0 radical (unpaired) electrons. The first-order chi connectivity index (χ1) is 11.2. The van der Waals surface area contributed by atoms with Gasteiger partial charge in [-0.3, -0.25) is 4.90 Å². The molecular formula is C16H18ClN5S. The van der Waals surface area contributed by atoms with Crippen molar-refractivity contribution in [3.05, 3.63) is 45.7 Å². The highest BCUT2D eigenvalue weighted by Gasteiger charge is 2.12. The normalized spacial score (nSPS) is 12.0. The molecule has 0 atom stereocenters. The van der Waals surface area contributed by atoms with Crippen LogP contribution < -0.4 is 0 Å². The van der Waals surface area contributed by atoms with Gasteiger partial charge >= 0.3 is 0 Å². The monoisotopic (exact) mass is 347 g/mol. The van der Waals surface area contributed by atoms with E-state index in [-0.39, 0.29) is 0 Å². The summed E-state index contributed by atoms with van der Waals surface area (Å²) in [5, 5.41) is 14.7. The molecule has 0 spiro atoms. The minimum Gasteiger partial charge on any atom is -0.296 e. The van der Waals surface area contributed by atoms with Crippen molar-refractivity contribution in [2.45, 2.75) is 20.4 Å². The van der Waals surface area contributed by atoms with E-state index in [2.05, 4.69) is 34.0 Å². The van der Waals surface area contributed by atoms with Crippen molar-refractivity contribution >= 4 is 40.1 Å². The Morgan fingerprint density at radius 1 is 1.22 bits per heavy atom. The van der Waals surface area contributed by atoms with Gasteiger partial charge in [-0.15, -0.1) is 10.2 Å². The largest absolute Gasteiger partial charge is 0.296 e. The van der Waals surface area contributed by atoms with Crippen LogP contribution in [0.25, 0.3) is 17.1 Å². The van der Waals surface area contributed by atoms with Crippen LogP contribution in [0.3, 0.4) is 0 Å². The van der Waals surface area contributed by atoms with Crippen LogP contribution >= 0.6 is 22.9 Å². The molecule has 0 aliphatic rings. The number of halogens is 1. The van der Waals surface area contributed by atoms with Crippen LogP contribution in [-0.4, -0.2) is 37.8 Å². The predicted octanol–water partition coefficient (Wildman–Crippen LogP) is 3.85. The van der Waals surface area contributed by atoms with Gasteiger partial charge in [0.2, 0.25) is 4.96 Å². The Hall–Kier alpha value is -1.76. The number of benzene rings is 1. The van der Waals surface area contributed by atoms with Gasteiger partial charge in [-0.2, -0.15) is 9.61 Å². The number of hydrogen-bond acceptors (Lipinski definition) is 5. The van der Waals surface area contributed by atoms with Crippen LogP contribution in [0.2, 0.25) is 5.02 Å². The minimum atomic E-state index is 0.729. The smallest absolute Gasteiger partial charge is 0.235 e. The molecule has 23 heavy (non-hydrogen) atoms. The highest BCUT2D eigenvalue weighted by molar-refractivity contribution is 7.17. The van der Waals surface area contributed by atoms with E-state index in [1.54, 1.807) is 0 Å². The van der Waals surface area contributed by atoms with Crippen LogP contribution in [0.15, 0.2) is 24.3 Å². The lowest BCUT2D eigenvalue weighted by Crippen LogP contribution is -2.23. The minimum absolute atomic E-state index is 0.729. The summed E-state index contributed by atoms with van der Waals surface area (Å²) in [5.74, 6) is 0.877. The van der Waals surface area contributed by atoms with Crippen LogP contribution in [0.1, 0.15) is 30.2 Å². The standard InChI is InChI=1S/C16H18ClN5S/c1-3-21(4-2)11-14-18-19-16-22(14)20-15(23-16)9-8-12-6-5-7-13(17)10-12/h5-10H,3-4,11H2,1-2H3. The zero-order chi connectivity index (χ0) is 16.2. The Kier molecular flexibility index (Phi) is 5.05. The molecule has 0 bridgehead atoms. The van der Waals surface area contributed by atoms with Gasteiger partial charge in [0.15, 0.2) is 5.82 Å². The van der Waals surface area contributed by atoms with Gasteiger partial charge in [0.05, 0.1) is 6.54 Å². The van der Waals surface area contributed by atoms with Crippen molar-refractivity contribution in [2.75, 3.05) is 13.1 Å². The van der Waals surface area contributed by atoms with Crippen molar-refractivity contribution < 1.29 is 0 Å². The molecule has 0 aliphatic heterocycles. The molecule has 3 rings (SSSR count). The lowest BCUT2D eigenvalue weighted by Gasteiger charge is -2.15. The summed E-state index contributed by atoms with van der Waals surface area (Å²) in [4.78, 5) is 3.11. The van der Waals surface area contributed by atoms with Crippen LogP contribution in [0.4, 0.5) is 0 Å².